The number of alkyl halides is 3. The molecule has 2 rings (SSSR count). The summed E-state index contributed by atoms with van der Waals surface area (Å²) in [5.74, 6) is -1.27. The van der Waals surface area contributed by atoms with Gasteiger partial charge in [0.2, 0.25) is 0 Å². The Morgan fingerprint density at radius 3 is 2.52 bits per heavy atom. The fourth-order valence-corrected chi connectivity index (χ4v) is 1.67. The van der Waals surface area contributed by atoms with Gasteiger partial charge in [0, 0.05) is 6.20 Å². The van der Waals surface area contributed by atoms with Gasteiger partial charge in [-0.3, -0.25) is 0 Å². The number of carboxylic acids is 1. The Bertz CT molecular complexity index is 687. The van der Waals surface area contributed by atoms with Gasteiger partial charge in [0.25, 0.3) is 0 Å². The van der Waals surface area contributed by atoms with Crippen LogP contribution in [0.25, 0.3) is 0 Å². The van der Waals surface area contributed by atoms with Crippen molar-refractivity contribution in [2.24, 2.45) is 0 Å². The first-order chi connectivity index (χ1) is 9.79. The second kappa shape index (κ2) is 5.31. The number of aromatic carboxylic acids is 1. The predicted octanol–water partition coefficient (Wildman–Crippen LogP) is 3.12. The van der Waals surface area contributed by atoms with Crippen LogP contribution in [0.3, 0.4) is 0 Å². The number of nitrogen functional groups attached to an aromatic ring is 1. The van der Waals surface area contributed by atoms with Gasteiger partial charge in [-0.2, -0.15) is 13.2 Å². The van der Waals surface area contributed by atoms with E-state index in [0.717, 1.165) is 18.3 Å². The van der Waals surface area contributed by atoms with Crippen LogP contribution in [0.15, 0.2) is 36.5 Å². The lowest BCUT2D eigenvalue weighted by Crippen LogP contribution is -2.10. The van der Waals surface area contributed by atoms with Gasteiger partial charge in [0.05, 0.1) is 22.5 Å². The second-order valence-corrected chi connectivity index (χ2v) is 4.14. The monoisotopic (exact) mass is 297 g/mol. The van der Waals surface area contributed by atoms with Crippen molar-refractivity contribution in [2.75, 3.05) is 11.1 Å². The van der Waals surface area contributed by atoms with Gasteiger partial charge in [-0.25, -0.2) is 9.78 Å². The molecule has 110 valence electrons. The number of rotatable bonds is 3. The van der Waals surface area contributed by atoms with Crippen LogP contribution in [0.1, 0.15) is 15.9 Å². The van der Waals surface area contributed by atoms with Gasteiger partial charge in [-0.05, 0) is 18.2 Å². The fraction of sp³-hybridized carbons (Fsp3) is 0.0769. The number of halogens is 3. The number of nitrogens with two attached hydrogens (primary N) is 1. The Balaban J connectivity index is 2.38. The minimum Gasteiger partial charge on any atom is -0.478 e. The molecule has 0 spiro atoms. The largest absolute Gasteiger partial charge is 0.478 e. The summed E-state index contributed by atoms with van der Waals surface area (Å²) in [7, 11) is 0. The van der Waals surface area contributed by atoms with E-state index in [9.17, 15) is 18.0 Å². The first kappa shape index (κ1) is 14.6. The van der Waals surface area contributed by atoms with Crippen molar-refractivity contribution in [1.29, 1.82) is 0 Å². The zero-order chi connectivity index (χ0) is 15.6. The maximum atomic E-state index is 12.9. The molecule has 1 heterocycles. The molecule has 0 aliphatic heterocycles. The normalized spacial score (nSPS) is 11.2. The summed E-state index contributed by atoms with van der Waals surface area (Å²) in [4.78, 5) is 14.5. The molecule has 0 unspecified atom stereocenters. The van der Waals surface area contributed by atoms with Crippen LogP contribution in [0.5, 0.6) is 0 Å². The number of para-hydroxylation sites is 1. The summed E-state index contributed by atoms with van der Waals surface area (Å²) >= 11 is 0. The van der Waals surface area contributed by atoms with E-state index in [0.29, 0.717) is 0 Å². The molecule has 0 bridgehead atoms. The third-order valence-corrected chi connectivity index (χ3v) is 2.65. The number of nitrogens with one attached hydrogen (secondary N) is 1. The molecule has 0 saturated carbocycles. The Kier molecular flexibility index (Phi) is 3.70. The molecule has 8 heteroatoms. The van der Waals surface area contributed by atoms with Crippen molar-refractivity contribution in [1.82, 2.24) is 4.98 Å². The highest BCUT2D eigenvalue weighted by Gasteiger charge is 2.33. The lowest BCUT2D eigenvalue weighted by molar-refractivity contribution is -0.136. The number of carboxylic acid groups (broad SMARTS) is 1. The second-order valence-electron chi connectivity index (χ2n) is 4.14. The first-order valence-corrected chi connectivity index (χ1v) is 5.71. The van der Waals surface area contributed by atoms with Gasteiger partial charge in [0.1, 0.15) is 0 Å². The molecule has 0 radical (unpaired) electrons. The number of anilines is 3. The molecule has 1 aromatic heterocycles. The number of carbonyl (C=O) groups is 1. The zero-order valence-electron chi connectivity index (χ0n) is 10.5. The van der Waals surface area contributed by atoms with E-state index >= 15 is 0 Å². The smallest absolute Gasteiger partial charge is 0.418 e. The molecule has 4 N–H and O–H groups in total. The maximum Gasteiger partial charge on any atom is 0.418 e. The summed E-state index contributed by atoms with van der Waals surface area (Å²) in [6, 6.07) is 5.96. The highest BCUT2D eigenvalue weighted by atomic mass is 19.4. The van der Waals surface area contributed by atoms with E-state index in [1.807, 2.05) is 0 Å². The summed E-state index contributed by atoms with van der Waals surface area (Å²) in [6.07, 6.45) is -3.52. The number of pyridine rings is 1. The van der Waals surface area contributed by atoms with Crippen molar-refractivity contribution in [3.05, 3.63) is 47.7 Å². The Hall–Kier alpha value is -2.77. The molecule has 5 nitrogen and oxygen atoms in total. The highest BCUT2D eigenvalue weighted by molar-refractivity contribution is 5.89. The van der Waals surface area contributed by atoms with Crippen molar-refractivity contribution >= 4 is 23.2 Å². The molecule has 0 amide bonds. The number of benzene rings is 1. The van der Waals surface area contributed by atoms with Gasteiger partial charge >= 0.3 is 12.1 Å². The van der Waals surface area contributed by atoms with Gasteiger partial charge < -0.3 is 16.2 Å². The van der Waals surface area contributed by atoms with Gasteiger partial charge in [0.15, 0.2) is 5.82 Å². The molecule has 2 aromatic rings. The van der Waals surface area contributed by atoms with Crippen LogP contribution in [-0.4, -0.2) is 16.1 Å². The molecule has 0 aliphatic carbocycles. The van der Waals surface area contributed by atoms with Crippen LogP contribution >= 0.6 is 0 Å². The third kappa shape index (κ3) is 3.22. The lowest BCUT2D eigenvalue weighted by Gasteiger charge is -2.15. The number of hydrogen-bond acceptors (Lipinski definition) is 4. The topological polar surface area (TPSA) is 88.2 Å². The summed E-state index contributed by atoms with van der Waals surface area (Å²) in [6.45, 7) is 0. The average Bonchev–Trinajstić information content (AvgIpc) is 2.40. The summed E-state index contributed by atoms with van der Waals surface area (Å²) < 4.78 is 38.6. The summed E-state index contributed by atoms with van der Waals surface area (Å²) in [5.41, 5.74) is 4.30. The quantitative estimate of drug-likeness (QED) is 0.810. The van der Waals surface area contributed by atoms with Crippen molar-refractivity contribution in [2.45, 2.75) is 6.18 Å². The lowest BCUT2D eigenvalue weighted by atomic mass is 10.1. The van der Waals surface area contributed by atoms with Crippen LogP contribution < -0.4 is 11.1 Å². The van der Waals surface area contributed by atoms with Crippen molar-refractivity contribution in [3.8, 4) is 0 Å². The predicted molar refractivity (Wildman–Crippen MR) is 70.3 cm³/mol. The SMILES string of the molecule is Nc1cc(C(=O)O)cnc1Nc1ccccc1C(F)(F)F. The van der Waals surface area contributed by atoms with E-state index in [1.165, 1.54) is 18.2 Å². The van der Waals surface area contributed by atoms with E-state index < -0.39 is 17.7 Å². The van der Waals surface area contributed by atoms with E-state index in [1.54, 1.807) is 0 Å². The standard InChI is InChI=1S/C13H10F3N3O2/c14-13(15,16)8-3-1-2-4-10(8)19-11-9(17)5-7(6-18-11)12(20)21/h1-6H,17H2,(H,18,19)(H,20,21). The molecule has 1 aromatic carbocycles. The van der Waals surface area contributed by atoms with Crippen molar-refractivity contribution < 1.29 is 23.1 Å². The summed E-state index contributed by atoms with van der Waals surface area (Å²) in [5, 5.41) is 11.2. The third-order valence-electron chi connectivity index (χ3n) is 2.65. The van der Waals surface area contributed by atoms with Crippen LogP contribution in [-0.2, 0) is 6.18 Å². The number of hydrogen-bond donors (Lipinski definition) is 3. The maximum absolute atomic E-state index is 12.9. The van der Waals surface area contributed by atoms with Crippen LogP contribution in [0, 0.1) is 0 Å². The van der Waals surface area contributed by atoms with Crippen LogP contribution in [0.4, 0.5) is 30.4 Å². The zero-order valence-corrected chi connectivity index (χ0v) is 10.5. The first-order valence-electron chi connectivity index (χ1n) is 5.71. The molecule has 0 fully saturated rings. The average molecular weight is 297 g/mol. The van der Waals surface area contributed by atoms with E-state index in [2.05, 4.69) is 10.3 Å². The molecule has 0 aliphatic rings. The molecule has 21 heavy (non-hydrogen) atoms. The van der Waals surface area contributed by atoms with Gasteiger partial charge in [-0.15, -0.1) is 0 Å². The molecular weight excluding hydrogens is 287 g/mol. The molecule has 0 atom stereocenters. The van der Waals surface area contributed by atoms with Crippen molar-refractivity contribution in [3.63, 3.8) is 0 Å². The minimum atomic E-state index is -4.53. The Morgan fingerprint density at radius 2 is 1.95 bits per heavy atom. The fourth-order valence-electron chi connectivity index (χ4n) is 1.67. The highest BCUT2D eigenvalue weighted by Crippen LogP contribution is 2.36. The van der Waals surface area contributed by atoms with E-state index in [-0.39, 0.29) is 22.8 Å². The number of nitrogens with zero attached hydrogens (tertiary/aromatic N) is 1. The number of aromatic nitrogens is 1. The van der Waals surface area contributed by atoms with E-state index in [4.69, 9.17) is 10.8 Å². The van der Waals surface area contributed by atoms with Crippen LogP contribution in [0.2, 0.25) is 0 Å². The Labute approximate surface area is 117 Å². The van der Waals surface area contributed by atoms with Gasteiger partial charge in [-0.1, -0.05) is 12.1 Å². The molecular formula is C13H10F3N3O2. The minimum absolute atomic E-state index is 0.0447. The molecule has 0 saturated heterocycles. The Morgan fingerprint density at radius 1 is 1.29 bits per heavy atom.